The van der Waals surface area contributed by atoms with Crippen molar-refractivity contribution in [3.8, 4) is 5.75 Å². The van der Waals surface area contributed by atoms with Crippen LogP contribution in [0.15, 0.2) is 39.4 Å². The molecule has 2 amide bonds. The first-order chi connectivity index (χ1) is 22.1. The van der Waals surface area contributed by atoms with Crippen LogP contribution in [0.5, 0.6) is 5.75 Å². The number of halogens is 2. The molecule has 2 fully saturated rings. The zero-order valence-electron chi connectivity index (χ0n) is 27.6. The van der Waals surface area contributed by atoms with Crippen molar-refractivity contribution >= 4 is 34.1 Å². The molecule has 0 atom stereocenters. The van der Waals surface area contributed by atoms with Crippen molar-refractivity contribution in [2.75, 3.05) is 26.2 Å². The van der Waals surface area contributed by atoms with E-state index < -0.39 is 22.8 Å². The van der Waals surface area contributed by atoms with Crippen LogP contribution in [0.2, 0.25) is 0 Å². The second kappa shape index (κ2) is 15.4. The molecular weight excluding hydrogens is 638 g/mol. The van der Waals surface area contributed by atoms with Crippen molar-refractivity contribution in [1.82, 2.24) is 20.1 Å². The highest BCUT2D eigenvalue weighted by Gasteiger charge is 2.31. The second-order valence-corrected chi connectivity index (χ2v) is 14.0. The first-order valence-electron chi connectivity index (χ1n) is 15.9. The van der Waals surface area contributed by atoms with Gasteiger partial charge in [0.1, 0.15) is 17.0 Å². The molecule has 0 unspecified atom stereocenters. The number of phenolic OH excluding ortho intramolecular Hbond substituents is 1. The van der Waals surface area contributed by atoms with Gasteiger partial charge in [-0.25, -0.2) is 18.4 Å². The number of aromatic nitrogens is 2. The molecule has 49 heavy (non-hydrogen) atoms. The molecule has 2 aromatic heterocycles. The average molecular weight is 689 g/mol. The van der Waals surface area contributed by atoms with E-state index in [1.54, 1.807) is 21.9 Å². The van der Waals surface area contributed by atoms with Gasteiger partial charge < -0.3 is 33.4 Å². The van der Waals surface area contributed by atoms with Crippen molar-refractivity contribution in [3.63, 3.8) is 0 Å². The first-order valence-corrected chi connectivity index (χ1v) is 15.9. The molecule has 4 aromatic rings. The molecule has 2 aromatic carbocycles. The number of phenols is 1. The summed E-state index contributed by atoms with van der Waals surface area (Å²) in [6.45, 7) is 13.4. The Balaban J connectivity index is 0.000000255. The molecule has 0 saturated carbocycles. The fraction of sp³-hybridized carbons (Fsp3) is 0.556. The fourth-order valence-corrected chi connectivity index (χ4v) is 5.83. The smallest absolute Gasteiger partial charge is 0.410 e. The van der Waals surface area contributed by atoms with Crippen LogP contribution in [-0.2, 0) is 9.47 Å². The Morgan fingerprint density at radius 3 is 1.69 bits per heavy atom. The zero-order chi connectivity index (χ0) is 34.1. The van der Waals surface area contributed by atoms with Gasteiger partial charge in [0.2, 0.25) is 5.58 Å². The van der Waals surface area contributed by atoms with E-state index >= 15 is 0 Å². The molecule has 4 heterocycles. The number of fused-ring (bicyclic) bond motifs is 2. The Labute approximate surface area is 286 Å². The largest absolute Gasteiger partial charge is 0.502 e. The molecule has 6 rings (SSSR count). The van der Waals surface area contributed by atoms with E-state index in [1.807, 2.05) is 41.5 Å². The Kier molecular flexibility index (Phi) is 12.3. The summed E-state index contributed by atoms with van der Waals surface area (Å²) < 4.78 is 47.7. The molecular formula is C36H50F2N4O7. The summed E-state index contributed by atoms with van der Waals surface area (Å²) in [5, 5.41) is 19.3. The Morgan fingerprint density at radius 2 is 1.20 bits per heavy atom. The summed E-state index contributed by atoms with van der Waals surface area (Å²) in [5.41, 5.74) is 1.08. The van der Waals surface area contributed by atoms with E-state index in [0.29, 0.717) is 55.7 Å². The minimum absolute atomic E-state index is 0. The number of amides is 2. The highest BCUT2D eigenvalue weighted by Crippen LogP contribution is 2.37. The van der Waals surface area contributed by atoms with E-state index in [2.05, 4.69) is 10.3 Å². The monoisotopic (exact) mass is 688 g/mol. The molecule has 2 aliphatic rings. The number of hydrogen-bond donors (Lipinski definition) is 1. The van der Waals surface area contributed by atoms with E-state index in [1.165, 1.54) is 18.2 Å². The predicted octanol–water partition coefficient (Wildman–Crippen LogP) is 9.14. The number of piperidine rings is 2. The van der Waals surface area contributed by atoms with Gasteiger partial charge in [-0.05, 0) is 91.5 Å². The number of benzene rings is 2. The molecule has 2 saturated heterocycles. The number of rotatable bonds is 2. The Hall–Kier alpha value is -4.42. The number of hydrogen-bond acceptors (Lipinski definition) is 9. The van der Waals surface area contributed by atoms with Crippen LogP contribution in [0, 0.1) is 11.6 Å². The molecule has 1 N–H and O–H groups in total. The minimum atomic E-state index is -0.732. The number of aromatic hydroxyl groups is 1. The Bertz CT molecular complexity index is 1720. The van der Waals surface area contributed by atoms with E-state index in [-0.39, 0.29) is 50.3 Å². The summed E-state index contributed by atoms with van der Waals surface area (Å²) in [6.07, 6.45) is 2.41. The Morgan fingerprint density at radius 1 is 0.755 bits per heavy atom. The van der Waals surface area contributed by atoms with E-state index in [9.17, 15) is 23.5 Å². The quantitative estimate of drug-likeness (QED) is 0.219. The second-order valence-electron chi connectivity index (χ2n) is 14.0. The molecule has 0 radical (unpaired) electrons. The summed E-state index contributed by atoms with van der Waals surface area (Å²) >= 11 is 0. The summed E-state index contributed by atoms with van der Waals surface area (Å²) in [7, 11) is 0. The predicted molar refractivity (Wildman–Crippen MR) is 183 cm³/mol. The number of likely N-dealkylation sites (tertiary alicyclic amines) is 2. The van der Waals surface area contributed by atoms with Gasteiger partial charge in [-0.1, -0.05) is 25.2 Å². The van der Waals surface area contributed by atoms with Gasteiger partial charge in [-0.3, -0.25) is 0 Å². The zero-order valence-corrected chi connectivity index (χ0v) is 27.6. The lowest BCUT2D eigenvalue weighted by molar-refractivity contribution is 0.0193. The lowest BCUT2D eigenvalue weighted by atomic mass is 9.92. The third-order valence-electron chi connectivity index (χ3n) is 8.12. The van der Waals surface area contributed by atoms with Crippen LogP contribution in [0.4, 0.5) is 18.4 Å². The highest BCUT2D eigenvalue weighted by atomic mass is 19.1. The highest BCUT2D eigenvalue weighted by molar-refractivity contribution is 5.85. The lowest BCUT2D eigenvalue weighted by Crippen LogP contribution is -2.41. The molecule has 0 aliphatic carbocycles. The van der Waals surface area contributed by atoms with Crippen LogP contribution >= 0.6 is 0 Å². The number of carbonyl (C=O) groups is 2. The molecule has 13 heteroatoms. The SMILES string of the molecule is C.C.CC(C)(C)OC(=O)N1CCC(c2noc3c(O)c(F)ccc23)CC1.CC(C)(C)OC(=O)N1CCC(c2noc3cc(F)ccc23)CC1. The topological polar surface area (TPSA) is 131 Å². The van der Waals surface area contributed by atoms with E-state index in [4.69, 9.17) is 18.5 Å². The third-order valence-corrected chi connectivity index (χ3v) is 8.12. The summed E-state index contributed by atoms with van der Waals surface area (Å²) in [4.78, 5) is 27.6. The van der Waals surface area contributed by atoms with Crippen LogP contribution < -0.4 is 0 Å². The minimum Gasteiger partial charge on any atom is -0.502 e. The normalized spacial score (nSPS) is 16.0. The summed E-state index contributed by atoms with van der Waals surface area (Å²) in [6, 6.07) is 7.24. The van der Waals surface area contributed by atoms with Crippen LogP contribution in [-0.4, -0.2) is 74.8 Å². The molecule has 11 nitrogen and oxygen atoms in total. The van der Waals surface area contributed by atoms with Gasteiger partial charge in [0.05, 0.1) is 11.4 Å². The number of nitrogens with zero attached hydrogens (tertiary/aromatic N) is 4. The van der Waals surface area contributed by atoms with Gasteiger partial charge in [-0.2, -0.15) is 0 Å². The fourth-order valence-electron chi connectivity index (χ4n) is 5.83. The first kappa shape index (κ1) is 39.0. The standard InChI is InChI=1S/C17H21FN2O4.C17H21FN2O3.2CH4/c1-17(2,3)23-16(22)20-8-6-10(7-9-20)13-11-4-5-12(18)14(21)15(11)24-19-13;1-17(2,3)22-16(21)20-8-6-11(7-9-20)15-13-5-4-12(18)10-14(13)23-19-15;;/h4-5,10,21H,6-9H2,1-3H3;4-5,10-11H,6-9H2,1-3H3;2*1H4. The maximum atomic E-state index is 13.4. The maximum absolute atomic E-state index is 13.4. The maximum Gasteiger partial charge on any atom is 0.410 e. The molecule has 270 valence electrons. The summed E-state index contributed by atoms with van der Waals surface area (Å²) in [5.74, 6) is -1.28. The van der Waals surface area contributed by atoms with Crippen molar-refractivity contribution < 1.29 is 42.0 Å². The third kappa shape index (κ3) is 9.39. The van der Waals surface area contributed by atoms with Crippen molar-refractivity contribution in [2.45, 2.75) is 105 Å². The number of ether oxygens (including phenoxy) is 2. The van der Waals surface area contributed by atoms with Gasteiger partial charge in [0, 0.05) is 54.9 Å². The molecule has 0 bridgehead atoms. The van der Waals surface area contributed by atoms with E-state index in [0.717, 1.165) is 23.9 Å². The van der Waals surface area contributed by atoms with Gasteiger partial charge in [0.15, 0.2) is 17.1 Å². The van der Waals surface area contributed by atoms with Gasteiger partial charge >= 0.3 is 12.2 Å². The van der Waals surface area contributed by atoms with Gasteiger partial charge in [-0.15, -0.1) is 0 Å². The molecule has 2 aliphatic heterocycles. The molecule has 0 spiro atoms. The van der Waals surface area contributed by atoms with Crippen LogP contribution in [0.3, 0.4) is 0 Å². The lowest BCUT2D eigenvalue weighted by Gasteiger charge is -2.32. The van der Waals surface area contributed by atoms with Crippen molar-refractivity contribution in [3.05, 3.63) is 53.4 Å². The van der Waals surface area contributed by atoms with Crippen LogP contribution in [0.25, 0.3) is 21.9 Å². The van der Waals surface area contributed by atoms with Crippen molar-refractivity contribution in [2.24, 2.45) is 0 Å². The van der Waals surface area contributed by atoms with Crippen LogP contribution in [0.1, 0.15) is 105 Å². The average Bonchev–Trinajstić information content (AvgIpc) is 3.62. The number of carbonyl (C=O) groups excluding carboxylic acids is 2. The van der Waals surface area contributed by atoms with Gasteiger partial charge in [0.25, 0.3) is 0 Å². The van der Waals surface area contributed by atoms with Crippen molar-refractivity contribution in [1.29, 1.82) is 0 Å².